The summed E-state index contributed by atoms with van der Waals surface area (Å²) in [4.78, 5) is 12.9. The third-order valence-electron chi connectivity index (χ3n) is 6.01. The standard InChI is InChI=1S/C22H28ClFN6O4S/c1-11(2)30-17-8-13(7-15(24)20(17)27-21(30)12(3)31)19-14(23)9-25-22(28-19)26-16-5-6-29(10-18(16)32)35(4,33)34/h7-9,11-12,16,18,31-32H,5-6,10H2,1-4H3,(H,25,26,28)/t12?,16-,18-/m0/s1. The van der Waals surface area contributed by atoms with Crippen molar-refractivity contribution in [2.75, 3.05) is 24.7 Å². The minimum Gasteiger partial charge on any atom is -0.390 e. The van der Waals surface area contributed by atoms with Crippen LogP contribution in [0, 0.1) is 5.82 Å². The van der Waals surface area contributed by atoms with Crippen LogP contribution < -0.4 is 5.32 Å². The molecule has 3 aromatic rings. The van der Waals surface area contributed by atoms with Crippen LogP contribution in [0.5, 0.6) is 0 Å². The second-order valence-corrected chi connectivity index (χ2v) is 11.4. The van der Waals surface area contributed by atoms with E-state index in [1.54, 1.807) is 17.6 Å². The first kappa shape index (κ1) is 25.7. The highest BCUT2D eigenvalue weighted by Gasteiger charge is 2.32. The SMILES string of the molecule is CC(O)c1nc2c(F)cc(-c3nc(N[C@H]4CCN(S(C)(=O)=O)C[C@@H]4O)ncc3Cl)cc2n1C(C)C. The first-order valence-corrected chi connectivity index (χ1v) is 13.4. The van der Waals surface area contributed by atoms with E-state index in [2.05, 4.69) is 20.3 Å². The number of aromatic nitrogens is 4. The van der Waals surface area contributed by atoms with Crippen molar-refractivity contribution in [2.45, 2.75) is 51.5 Å². The molecule has 190 valence electrons. The Labute approximate surface area is 207 Å². The van der Waals surface area contributed by atoms with Gasteiger partial charge in [-0.15, -0.1) is 0 Å². The number of nitrogens with zero attached hydrogens (tertiary/aromatic N) is 5. The van der Waals surface area contributed by atoms with E-state index >= 15 is 4.39 Å². The summed E-state index contributed by atoms with van der Waals surface area (Å²) in [7, 11) is -3.40. The fourth-order valence-electron chi connectivity index (χ4n) is 4.32. The molecule has 35 heavy (non-hydrogen) atoms. The Hall–Kier alpha value is -2.38. The fraction of sp³-hybridized carbons (Fsp3) is 0.500. The number of hydrogen-bond acceptors (Lipinski definition) is 8. The molecule has 1 unspecified atom stereocenters. The van der Waals surface area contributed by atoms with Crippen molar-refractivity contribution >= 4 is 38.6 Å². The number of halogens is 2. The van der Waals surface area contributed by atoms with Crippen molar-refractivity contribution in [2.24, 2.45) is 0 Å². The van der Waals surface area contributed by atoms with E-state index in [4.69, 9.17) is 11.6 Å². The molecule has 10 nitrogen and oxygen atoms in total. The van der Waals surface area contributed by atoms with Gasteiger partial charge in [0, 0.05) is 24.7 Å². The van der Waals surface area contributed by atoms with Gasteiger partial charge in [0.05, 0.1) is 40.8 Å². The molecular weight excluding hydrogens is 499 g/mol. The van der Waals surface area contributed by atoms with Crippen LogP contribution in [0.25, 0.3) is 22.3 Å². The molecule has 0 saturated carbocycles. The summed E-state index contributed by atoms with van der Waals surface area (Å²) in [6, 6.07) is 2.44. The Balaban J connectivity index is 1.69. The van der Waals surface area contributed by atoms with Crippen LogP contribution in [-0.2, 0) is 10.0 Å². The Bertz CT molecular complexity index is 1360. The Morgan fingerprint density at radius 1 is 1.26 bits per heavy atom. The van der Waals surface area contributed by atoms with Crippen LogP contribution in [0.2, 0.25) is 5.02 Å². The molecule has 0 bridgehead atoms. The highest BCUT2D eigenvalue weighted by atomic mass is 35.5. The molecule has 0 aliphatic carbocycles. The van der Waals surface area contributed by atoms with E-state index in [0.717, 1.165) is 6.26 Å². The van der Waals surface area contributed by atoms with Gasteiger partial charge in [0.2, 0.25) is 16.0 Å². The molecule has 0 amide bonds. The van der Waals surface area contributed by atoms with Gasteiger partial charge in [0.25, 0.3) is 0 Å². The summed E-state index contributed by atoms with van der Waals surface area (Å²) < 4.78 is 41.6. The van der Waals surface area contributed by atoms with Gasteiger partial charge in [-0.25, -0.2) is 27.8 Å². The van der Waals surface area contributed by atoms with Gasteiger partial charge < -0.3 is 20.1 Å². The molecule has 4 rings (SSSR count). The quantitative estimate of drug-likeness (QED) is 0.446. The van der Waals surface area contributed by atoms with E-state index in [-0.39, 0.29) is 41.3 Å². The minimum absolute atomic E-state index is 0.0381. The van der Waals surface area contributed by atoms with Crippen LogP contribution >= 0.6 is 11.6 Å². The zero-order chi connectivity index (χ0) is 25.7. The molecule has 3 atom stereocenters. The third kappa shape index (κ3) is 5.12. The maximum Gasteiger partial charge on any atom is 0.223 e. The predicted octanol–water partition coefficient (Wildman–Crippen LogP) is 2.73. The normalized spacial score (nSPS) is 20.5. The van der Waals surface area contributed by atoms with E-state index in [1.807, 2.05) is 13.8 Å². The van der Waals surface area contributed by atoms with Crippen molar-refractivity contribution in [1.82, 2.24) is 23.8 Å². The average Bonchev–Trinajstić information content (AvgIpc) is 3.16. The number of nitrogens with one attached hydrogen (secondary N) is 1. The van der Waals surface area contributed by atoms with E-state index in [9.17, 15) is 18.6 Å². The van der Waals surface area contributed by atoms with E-state index < -0.39 is 34.1 Å². The molecule has 1 aromatic carbocycles. The van der Waals surface area contributed by atoms with Gasteiger partial charge in [0.15, 0.2) is 5.82 Å². The maximum atomic E-state index is 15.1. The summed E-state index contributed by atoms with van der Waals surface area (Å²) in [5, 5.41) is 23.8. The molecule has 0 radical (unpaired) electrons. The summed E-state index contributed by atoms with van der Waals surface area (Å²) >= 11 is 6.37. The molecule has 3 heterocycles. The van der Waals surface area contributed by atoms with Crippen molar-refractivity contribution in [3.8, 4) is 11.3 Å². The monoisotopic (exact) mass is 526 g/mol. The number of hydrogen-bond donors (Lipinski definition) is 3. The van der Waals surface area contributed by atoms with Gasteiger partial charge in [-0.05, 0) is 39.3 Å². The van der Waals surface area contributed by atoms with Crippen molar-refractivity contribution in [3.63, 3.8) is 0 Å². The molecule has 1 aliphatic rings. The molecule has 1 saturated heterocycles. The fourth-order valence-corrected chi connectivity index (χ4v) is 5.38. The first-order valence-electron chi connectivity index (χ1n) is 11.2. The van der Waals surface area contributed by atoms with Gasteiger partial charge in [0.1, 0.15) is 17.4 Å². The minimum atomic E-state index is -3.40. The highest BCUT2D eigenvalue weighted by molar-refractivity contribution is 7.88. The topological polar surface area (TPSA) is 133 Å². The summed E-state index contributed by atoms with van der Waals surface area (Å²) in [5.74, 6) is -0.0491. The molecule has 1 fully saturated rings. The number of fused-ring (bicyclic) bond motifs is 1. The molecular formula is C22H28ClFN6O4S. The van der Waals surface area contributed by atoms with Gasteiger partial charge in [-0.1, -0.05) is 11.6 Å². The smallest absolute Gasteiger partial charge is 0.223 e. The number of aliphatic hydroxyl groups is 2. The van der Waals surface area contributed by atoms with Gasteiger partial charge in [-0.3, -0.25) is 0 Å². The number of anilines is 1. The Kier molecular flexibility index (Phi) is 7.04. The average molecular weight is 527 g/mol. The molecule has 2 aromatic heterocycles. The van der Waals surface area contributed by atoms with Crippen molar-refractivity contribution in [1.29, 1.82) is 0 Å². The second kappa shape index (κ2) is 9.58. The zero-order valence-electron chi connectivity index (χ0n) is 19.8. The van der Waals surface area contributed by atoms with Crippen LogP contribution in [0.3, 0.4) is 0 Å². The lowest BCUT2D eigenvalue weighted by atomic mass is 10.0. The van der Waals surface area contributed by atoms with Crippen molar-refractivity contribution < 1.29 is 23.0 Å². The van der Waals surface area contributed by atoms with E-state index in [1.165, 1.54) is 16.6 Å². The summed E-state index contributed by atoms with van der Waals surface area (Å²) in [5.41, 5.74) is 1.32. The largest absolute Gasteiger partial charge is 0.390 e. The lowest BCUT2D eigenvalue weighted by Gasteiger charge is -2.34. The maximum absolute atomic E-state index is 15.1. The molecule has 13 heteroatoms. The summed E-state index contributed by atoms with van der Waals surface area (Å²) in [6.45, 7) is 5.62. The van der Waals surface area contributed by atoms with Crippen LogP contribution in [0.4, 0.5) is 10.3 Å². The highest BCUT2D eigenvalue weighted by Crippen LogP contribution is 2.33. The van der Waals surface area contributed by atoms with Gasteiger partial charge >= 0.3 is 0 Å². The zero-order valence-corrected chi connectivity index (χ0v) is 21.3. The number of imidazole rings is 1. The van der Waals surface area contributed by atoms with Crippen molar-refractivity contribution in [3.05, 3.63) is 35.0 Å². The molecule has 3 N–H and O–H groups in total. The second-order valence-electron chi connectivity index (χ2n) is 9.05. The predicted molar refractivity (Wildman–Crippen MR) is 131 cm³/mol. The number of piperidine rings is 1. The van der Waals surface area contributed by atoms with E-state index in [0.29, 0.717) is 23.3 Å². The third-order valence-corrected chi connectivity index (χ3v) is 7.56. The van der Waals surface area contributed by atoms with Crippen LogP contribution in [-0.4, -0.2) is 73.9 Å². The molecule has 1 aliphatic heterocycles. The number of aliphatic hydroxyl groups excluding tert-OH is 2. The lowest BCUT2D eigenvalue weighted by Crippen LogP contribution is -2.51. The summed E-state index contributed by atoms with van der Waals surface area (Å²) in [6.07, 6.45) is 0.993. The number of rotatable bonds is 6. The molecule has 0 spiro atoms. The Morgan fingerprint density at radius 3 is 2.57 bits per heavy atom. The lowest BCUT2D eigenvalue weighted by molar-refractivity contribution is 0.0950. The van der Waals surface area contributed by atoms with Crippen LogP contribution in [0.15, 0.2) is 18.3 Å². The first-order chi connectivity index (χ1) is 16.4. The van der Waals surface area contributed by atoms with Gasteiger partial charge in [-0.2, -0.15) is 4.31 Å². The number of sulfonamides is 1. The number of benzene rings is 1. The number of β-amino-alcohol motifs (C(OH)–C–C–N with tert-alkyl or cyclic N) is 1. The van der Waals surface area contributed by atoms with Crippen LogP contribution in [0.1, 0.15) is 45.2 Å². The Morgan fingerprint density at radius 2 is 1.97 bits per heavy atom.